The van der Waals surface area contributed by atoms with Gasteiger partial charge in [-0.25, -0.2) is 0 Å². The maximum Gasteiger partial charge on any atom is 0.0897 e. The van der Waals surface area contributed by atoms with Gasteiger partial charge in [-0.1, -0.05) is 20.8 Å². The summed E-state index contributed by atoms with van der Waals surface area (Å²) in [5.41, 5.74) is 0. The van der Waals surface area contributed by atoms with E-state index in [1.807, 2.05) is 0 Å². The maximum atomic E-state index is 9.68. The average molecular weight is 275 g/mol. The van der Waals surface area contributed by atoms with Crippen molar-refractivity contribution in [1.82, 2.24) is 5.32 Å². The zero-order valence-corrected chi connectivity index (χ0v) is 13.0. The monoisotopic (exact) mass is 275 g/mol. The summed E-state index contributed by atoms with van der Waals surface area (Å²) < 4.78 is 10.8. The fourth-order valence-electron chi connectivity index (χ4n) is 1.69. The normalized spacial score (nSPS) is 13.1. The molecule has 19 heavy (non-hydrogen) atoms. The lowest BCUT2D eigenvalue weighted by Crippen LogP contribution is -2.31. The number of hydrogen-bond donors (Lipinski definition) is 2. The number of aliphatic hydroxyl groups excluding tert-OH is 1. The molecule has 0 saturated carbocycles. The molecule has 0 rings (SSSR count). The van der Waals surface area contributed by atoms with Crippen LogP contribution in [0.25, 0.3) is 0 Å². The minimum absolute atomic E-state index is 0.407. The molecule has 0 heterocycles. The Bertz CT molecular complexity index is 177. The molecule has 0 fully saturated rings. The Morgan fingerprint density at radius 2 is 1.79 bits per heavy atom. The van der Waals surface area contributed by atoms with Crippen LogP contribution in [0.2, 0.25) is 0 Å². The highest BCUT2D eigenvalue weighted by molar-refractivity contribution is 4.58. The number of aliphatic hydroxyl groups is 1. The van der Waals surface area contributed by atoms with Crippen LogP contribution in [0.5, 0.6) is 0 Å². The Labute approximate surface area is 118 Å². The van der Waals surface area contributed by atoms with Crippen LogP contribution in [0.15, 0.2) is 0 Å². The molecule has 0 aromatic rings. The molecule has 1 unspecified atom stereocenters. The molecule has 0 saturated heterocycles. The SMILES string of the molecule is CCCOCCCNCC(O)COCCCC(C)C. The van der Waals surface area contributed by atoms with Crippen molar-refractivity contribution in [3.05, 3.63) is 0 Å². The van der Waals surface area contributed by atoms with Crippen molar-refractivity contribution < 1.29 is 14.6 Å². The number of hydrogen-bond acceptors (Lipinski definition) is 4. The lowest BCUT2D eigenvalue weighted by Gasteiger charge is -2.12. The lowest BCUT2D eigenvalue weighted by molar-refractivity contribution is 0.0345. The zero-order valence-electron chi connectivity index (χ0n) is 13.0. The minimum Gasteiger partial charge on any atom is -0.389 e. The smallest absolute Gasteiger partial charge is 0.0897 e. The summed E-state index contributed by atoms with van der Waals surface area (Å²) in [6.07, 6.45) is 3.91. The van der Waals surface area contributed by atoms with E-state index in [-0.39, 0.29) is 0 Å². The highest BCUT2D eigenvalue weighted by Gasteiger charge is 2.03. The summed E-state index contributed by atoms with van der Waals surface area (Å²) in [6, 6.07) is 0. The Morgan fingerprint density at radius 1 is 1.05 bits per heavy atom. The second-order valence-electron chi connectivity index (χ2n) is 5.43. The predicted octanol–water partition coefficient (Wildman–Crippen LogP) is 2.21. The van der Waals surface area contributed by atoms with E-state index in [1.54, 1.807) is 0 Å². The van der Waals surface area contributed by atoms with Gasteiger partial charge in [0.1, 0.15) is 0 Å². The average Bonchev–Trinajstić information content (AvgIpc) is 2.37. The van der Waals surface area contributed by atoms with Gasteiger partial charge < -0.3 is 19.9 Å². The van der Waals surface area contributed by atoms with Crippen LogP contribution < -0.4 is 5.32 Å². The van der Waals surface area contributed by atoms with Gasteiger partial charge in [0.05, 0.1) is 12.7 Å². The third-order valence-electron chi connectivity index (χ3n) is 2.75. The molecule has 0 aromatic heterocycles. The van der Waals surface area contributed by atoms with Crippen LogP contribution >= 0.6 is 0 Å². The summed E-state index contributed by atoms with van der Waals surface area (Å²) in [5, 5.41) is 12.9. The minimum atomic E-state index is -0.407. The van der Waals surface area contributed by atoms with Crippen molar-refractivity contribution in [2.45, 2.75) is 52.6 Å². The van der Waals surface area contributed by atoms with Crippen molar-refractivity contribution in [2.75, 3.05) is 39.5 Å². The van der Waals surface area contributed by atoms with Gasteiger partial charge in [0.2, 0.25) is 0 Å². The van der Waals surface area contributed by atoms with Crippen molar-refractivity contribution in [2.24, 2.45) is 5.92 Å². The topological polar surface area (TPSA) is 50.7 Å². The van der Waals surface area contributed by atoms with Crippen molar-refractivity contribution in [1.29, 1.82) is 0 Å². The molecule has 0 aliphatic carbocycles. The van der Waals surface area contributed by atoms with E-state index in [0.29, 0.717) is 13.2 Å². The largest absolute Gasteiger partial charge is 0.389 e. The van der Waals surface area contributed by atoms with E-state index >= 15 is 0 Å². The van der Waals surface area contributed by atoms with Gasteiger partial charge in [-0.05, 0) is 38.1 Å². The number of ether oxygens (including phenoxy) is 2. The first-order chi connectivity index (χ1) is 9.16. The molecular formula is C15H33NO3. The second kappa shape index (κ2) is 14.3. The highest BCUT2D eigenvalue weighted by Crippen LogP contribution is 2.03. The Hall–Kier alpha value is -0.160. The molecule has 0 aromatic carbocycles. The number of rotatable bonds is 14. The van der Waals surface area contributed by atoms with E-state index in [1.165, 1.54) is 6.42 Å². The van der Waals surface area contributed by atoms with E-state index < -0.39 is 6.10 Å². The van der Waals surface area contributed by atoms with E-state index in [2.05, 4.69) is 26.1 Å². The van der Waals surface area contributed by atoms with E-state index in [0.717, 1.165) is 51.5 Å². The second-order valence-corrected chi connectivity index (χ2v) is 5.43. The van der Waals surface area contributed by atoms with Crippen molar-refractivity contribution in [3.63, 3.8) is 0 Å². The third-order valence-corrected chi connectivity index (χ3v) is 2.75. The Kier molecular flexibility index (Phi) is 14.1. The quantitative estimate of drug-likeness (QED) is 0.477. The fraction of sp³-hybridized carbons (Fsp3) is 1.00. The van der Waals surface area contributed by atoms with E-state index in [9.17, 15) is 5.11 Å². The molecule has 1 atom stereocenters. The standard InChI is InChI=1S/C15H33NO3/c1-4-9-18-11-6-8-16-12-15(17)13-19-10-5-7-14(2)3/h14-17H,4-13H2,1-3H3. The van der Waals surface area contributed by atoms with Crippen LogP contribution in [-0.4, -0.2) is 50.7 Å². The van der Waals surface area contributed by atoms with E-state index in [4.69, 9.17) is 9.47 Å². The predicted molar refractivity (Wildman–Crippen MR) is 79.5 cm³/mol. The molecule has 0 amide bonds. The van der Waals surface area contributed by atoms with Crippen LogP contribution in [-0.2, 0) is 9.47 Å². The zero-order chi connectivity index (χ0) is 14.3. The summed E-state index contributed by atoms with van der Waals surface area (Å²) in [7, 11) is 0. The Balaban J connectivity index is 3.14. The third kappa shape index (κ3) is 15.8. The first-order valence-electron chi connectivity index (χ1n) is 7.71. The molecule has 4 heteroatoms. The molecule has 0 spiro atoms. The van der Waals surface area contributed by atoms with Crippen LogP contribution in [0.4, 0.5) is 0 Å². The summed E-state index contributed by atoms with van der Waals surface area (Å²) >= 11 is 0. The lowest BCUT2D eigenvalue weighted by atomic mass is 10.1. The molecule has 2 N–H and O–H groups in total. The molecular weight excluding hydrogens is 242 g/mol. The molecule has 4 nitrogen and oxygen atoms in total. The van der Waals surface area contributed by atoms with Gasteiger partial charge in [0.25, 0.3) is 0 Å². The maximum absolute atomic E-state index is 9.68. The molecule has 0 bridgehead atoms. The summed E-state index contributed by atoms with van der Waals surface area (Å²) in [5.74, 6) is 0.727. The summed E-state index contributed by atoms with van der Waals surface area (Å²) in [4.78, 5) is 0. The van der Waals surface area contributed by atoms with Gasteiger partial charge in [-0.2, -0.15) is 0 Å². The number of nitrogens with one attached hydrogen (secondary N) is 1. The first-order valence-corrected chi connectivity index (χ1v) is 7.71. The van der Waals surface area contributed by atoms with Gasteiger partial charge in [0, 0.05) is 26.4 Å². The van der Waals surface area contributed by atoms with Crippen molar-refractivity contribution in [3.8, 4) is 0 Å². The summed E-state index contributed by atoms with van der Waals surface area (Å²) in [6.45, 7) is 10.8. The highest BCUT2D eigenvalue weighted by atomic mass is 16.5. The first kappa shape index (κ1) is 18.8. The van der Waals surface area contributed by atoms with Crippen LogP contribution in [0.1, 0.15) is 46.5 Å². The molecule has 0 aliphatic heterocycles. The molecule has 0 aliphatic rings. The van der Waals surface area contributed by atoms with Gasteiger partial charge >= 0.3 is 0 Å². The molecule has 116 valence electrons. The Morgan fingerprint density at radius 3 is 2.47 bits per heavy atom. The van der Waals surface area contributed by atoms with Gasteiger partial charge in [-0.3, -0.25) is 0 Å². The van der Waals surface area contributed by atoms with Crippen molar-refractivity contribution >= 4 is 0 Å². The fourth-order valence-corrected chi connectivity index (χ4v) is 1.69. The molecule has 0 radical (unpaired) electrons. The van der Waals surface area contributed by atoms with Crippen LogP contribution in [0, 0.1) is 5.92 Å². The van der Waals surface area contributed by atoms with Gasteiger partial charge in [0.15, 0.2) is 0 Å². The van der Waals surface area contributed by atoms with Crippen LogP contribution in [0.3, 0.4) is 0 Å². The van der Waals surface area contributed by atoms with Gasteiger partial charge in [-0.15, -0.1) is 0 Å².